The number of halogens is 1. The lowest BCUT2D eigenvalue weighted by molar-refractivity contribution is -0.132. The van der Waals surface area contributed by atoms with E-state index in [1.807, 2.05) is 0 Å². The molecule has 3 fully saturated rings. The first-order valence-corrected chi connectivity index (χ1v) is 10.3. The van der Waals surface area contributed by atoms with Gasteiger partial charge in [0.25, 0.3) is 0 Å². The van der Waals surface area contributed by atoms with Gasteiger partial charge in [-0.1, -0.05) is 30.3 Å². The number of carbonyl (C=O) groups excluding carboxylic acids is 1. The van der Waals surface area contributed by atoms with E-state index in [0.717, 1.165) is 44.4 Å². The molecule has 4 heteroatoms. The van der Waals surface area contributed by atoms with Gasteiger partial charge in [0.1, 0.15) is 0 Å². The van der Waals surface area contributed by atoms with E-state index in [1.165, 1.54) is 44.1 Å². The lowest BCUT2D eigenvalue weighted by atomic mass is 9.77. The number of likely N-dealkylation sites (tertiary alicyclic amines) is 1. The Balaban J connectivity index is 0.00000196. The number of amides is 1. The van der Waals surface area contributed by atoms with Crippen molar-refractivity contribution < 1.29 is 4.79 Å². The van der Waals surface area contributed by atoms with Crippen LogP contribution in [0.25, 0.3) is 0 Å². The van der Waals surface area contributed by atoms with Crippen LogP contribution in [0.15, 0.2) is 30.3 Å². The summed E-state index contributed by atoms with van der Waals surface area (Å²) in [5.41, 5.74) is 1.49. The molecule has 1 aromatic rings. The number of hydrogen-bond acceptors (Lipinski definition) is 2. The Morgan fingerprint density at radius 1 is 0.923 bits per heavy atom. The van der Waals surface area contributed by atoms with Crippen LogP contribution in [0.2, 0.25) is 0 Å². The number of carbonyl (C=O) groups is 1. The summed E-state index contributed by atoms with van der Waals surface area (Å²) in [4.78, 5) is 15.0. The summed E-state index contributed by atoms with van der Waals surface area (Å²) in [6.07, 6.45) is 8.11. The summed E-state index contributed by atoms with van der Waals surface area (Å²) in [5, 5.41) is 3.52. The average Bonchev–Trinajstić information content (AvgIpc) is 3.01. The van der Waals surface area contributed by atoms with Crippen LogP contribution >= 0.6 is 12.4 Å². The predicted octanol–water partition coefficient (Wildman–Crippen LogP) is 4.23. The SMILES string of the molecule is Cl.O=C(CC1CCC(c2ccccc2)CC1)N1CC[C@@H]2CNC[C@@H]2CC1. The Morgan fingerprint density at radius 2 is 1.54 bits per heavy atom. The maximum Gasteiger partial charge on any atom is 0.222 e. The minimum absolute atomic E-state index is 0. The molecule has 4 rings (SSSR count). The van der Waals surface area contributed by atoms with Gasteiger partial charge in [0.2, 0.25) is 5.91 Å². The molecule has 2 heterocycles. The highest BCUT2D eigenvalue weighted by Gasteiger charge is 2.32. The Kier molecular flexibility index (Phi) is 6.99. The van der Waals surface area contributed by atoms with E-state index in [9.17, 15) is 4.79 Å². The van der Waals surface area contributed by atoms with E-state index in [2.05, 4.69) is 40.5 Å². The van der Waals surface area contributed by atoms with Gasteiger partial charge in [0.05, 0.1) is 0 Å². The molecule has 0 aromatic heterocycles. The van der Waals surface area contributed by atoms with Crippen LogP contribution in [0.5, 0.6) is 0 Å². The average molecular weight is 377 g/mol. The number of hydrogen-bond donors (Lipinski definition) is 1. The molecule has 0 bridgehead atoms. The van der Waals surface area contributed by atoms with Crippen LogP contribution in [-0.2, 0) is 4.79 Å². The summed E-state index contributed by atoms with van der Waals surface area (Å²) >= 11 is 0. The van der Waals surface area contributed by atoms with Crippen molar-refractivity contribution in [2.75, 3.05) is 26.2 Å². The van der Waals surface area contributed by atoms with Crippen molar-refractivity contribution in [2.45, 2.75) is 50.9 Å². The van der Waals surface area contributed by atoms with Gasteiger partial charge < -0.3 is 10.2 Å². The third-order valence-electron chi connectivity index (χ3n) is 6.95. The maximum absolute atomic E-state index is 12.8. The van der Waals surface area contributed by atoms with Crippen molar-refractivity contribution in [2.24, 2.45) is 17.8 Å². The first-order chi connectivity index (χ1) is 12.3. The van der Waals surface area contributed by atoms with E-state index in [1.54, 1.807) is 0 Å². The van der Waals surface area contributed by atoms with Crippen molar-refractivity contribution in [1.29, 1.82) is 0 Å². The Morgan fingerprint density at radius 3 is 2.15 bits per heavy atom. The van der Waals surface area contributed by atoms with Crippen molar-refractivity contribution >= 4 is 18.3 Å². The molecule has 2 saturated heterocycles. The van der Waals surface area contributed by atoms with Gasteiger partial charge in [-0.25, -0.2) is 0 Å². The van der Waals surface area contributed by atoms with E-state index in [4.69, 9.17) is 0 Å². The molecule has 1 N–H and O–H groups in total. The molecule has 1 aromatic carbocycles. The molecule has 1 aliphatic carbocycles. The molecule has 3 aliphatic rings. The fourth-order valence-corrected chi connectivity index (χ4v) is 5.27. The van der Waals surface area contributed by atoms with Crippen LogP contribution < -0.4 is 5.32 Å². The van der Waals surface area contributed by atoms with E-state index in [-0.39, 0.29) is 12.4 Å². The van der Waals surface area contributed by atoms with Crippen molar-refractivity contribution in [1.82, 2.24) is 10.2 Å². The summed E-state index contributed by atoms with van der Waals surface area (Å²) in [6, 6.07) is 10.9. The van der Waals surface area contributed by atoms with E-state index in [0.29, 0.717) is 17.7 Å². The molecule has 0 spiro atoms. The first-order valence-electron chi connectivity index (χ1n) is 10.3. The van der Waals surface area contributed by atoms with Crippen LogP contribution in [0.3, 0.4) is 0 Å². The van der Waals surface area contributed by atoms with Crippen LogP contribution in [-0.4, -0.2) is 37.0 Å². The van der Waals surface area contributed by atoms with Gasteiger partial charge in [0, 0.05) is 19.5 Å². The first kappa shape index (κ1) is 19.7. The summed E-state index contributed by atoms with van der Waals surface area (Å²) in [6.45, 7) is 4.30. The zero-order valence-electron chi connectivity index (χ0n) is 15.7. The molecule has 26 heavy (non-hydrogen) atoms. The zero-order valence-corrected chi connectivity index (χ0v) is 16.6. The van der Waals surface area contributed by atoms with Gasteiger partial charge in [-0.15, -0.1) is 12.4 Å². The Hall–Kier alpha value is -1.06. The maximum atomic E-state index is 12.8. The fraction of sp³-hybridized carbons (Fsp3) is 0.682. The van der Waals surface area contributed by atoms with Gasteiger partial charge in [0.15, 0.2) is 0 Å². The highest BCUT2D eigenvalue weighted by atomic mass is 35.5. The molecule has 3 nitrogen and oxygen atoms in total. The number of benzene rings is 1. The molecule has 0 unspecified atom stereocenters. The molecule has 2 aliphatic heterocycles. The van der Waals surface area contributed by atoms with Gasteiger partial charge in [-0.3, -0.25) is 4.79 Å². The molecular weight excluding hydrogens is 344 g/mol. The smallest absolute Gasteiger partial charge is 0.222 e. The number of nitrogens with zero attached hydrogens (tertiary/aromatic N) is 1. The van der Waals surface area contributed by atoms with Crippen molar-refractivity contribution in [3.63, 3.8) is 0 Å². The summed E-state index contributed by atoms with van der Waals surface area (Å²) in [7, 11) is 0. The van der Waals surface area contributed by atoms with Gasteiger partial charge in [-0.05, 0) is 80.8 Å². The van der Waals surface area contributed by atoms with Crippen LogP contribution in [0.1, 0.15) is 56.4 Å². The van der Waals surface area contributed by atoms with Crippen molar-refractivity contribution in [3.8, 4) is 0 Å². The van der Waals surface area contributed by atoms with Crippen molar-refractivity contribution in [3.05, 3.63) is 35.9 Å². The lowest BCUT2D eigenvalue weighted by Gasteiger charge is -2.30. The topological polar surface area (TPSA) is 32.3 Å². The second-order valence-corrected chi connectivity index (χ2v) is 8.47. The Labute approximate surface area is 164 Å². The molecule has 1 saturated carbocycles. The normalized spacial score (nSPS) is 31.6. The van der Waals surface area contributed by atoms with Crippen LogP contribution in [0.4, 0.5) is 0 Å². The third-order valence-corrected chi connectivity index (χ3v) is 6.95. The molecule has 2 atom stereocenters. The Bertz CT molecular complexity index is 557. The number of fused-ring (bicyclic) bond motifs is 1. The second kappa shape index (κ2) is 9.23. The van der Waals surface area contributed by atoms with Gasteiger partial charge >= 0.3 is 0 Å². The largest absolute Gasteiger partial charge is 0.343 e. The molecule has 144 valence electrons. The molecular formula is C22H33ClN2O. The van der Waals surface area contributed by atoms with E-state index >= 15 is 0 Å². The zero-order chi connectivity index (χ0) is 17.1. The molecule has 0 radical (unpaired) electrons. The standard InChI is InChI=1S/C22H32N2O.ClH/c25-22(24-12-10-20-15-23-16-21(20)11-13-24)14-17-6-8-19(9-7-17)18-4-2-1-3-5-18;/h1-5,17,19-21,23H,6-16H2;1H/t17?,19?,20-,21+;. The predicted molar refractivity (Wildman–Crippen MR) is 109 cm³/mol. The fourth-order valence-electron chi connectivity index (χ4n) is 5.27. The van der Waals surface area contributed by atoms with E-state index < -0.39 is 0 Å². The minimum Gasteiger partial charge on any atom is -0.343 e. The summed E-state index contributed by atoms with van der Waals surface area (Å²) in [5.74, 6) is 3.35. The van der Waals surface area contributed by atoms with Gasteiger partial charge in [-0.2, -0.15) is 0 Å². The summed E-state index contributed by atoms with van der Waals surface area (Å²) < 4.78 is 0. The molecule has 1 amide bonds. The number of nitrogens with one attached hydrogen (secondary N) is 1. The highest BCUT2D eigenvalue weighted by molar-refractivity contribution is 5.85. The number of rotatable bonds is 3. The second-order valence-electron chi connectivity index (χ2n) is 8.47. The quantitative estimate of drug-likeness (QED) is 0.856. The highest BCUT2D eigenvalue weighted by Crippen LogP contribution is 2.37. The third kappa shape index (κ3) is 4.61. The lowest BCUT2D eigenvalue weighted by Crippen LogP contribution is -2.34. The monoisotopic (exact) mass is 376 g/mol. The van der Waals surface area contributed by atoms with Crippen LogP contribution in [0, 0.1) is 17.8 Å². The minimum atomic E-state index is 0.